The number of hydrogen-bond donors (Lipinski definition) is 7. The Kier molecular flexibility index (Phi) is 5.32. The van der Waals surface area contributed by atoms with E-state index in [-0.39, 0.29) is 5.56 Å². The Morgan fingerprint density at radius 3 is 2.23 bits per heavy atom. The lowest BCUT2D eigenvalue weighted by molar-refractivity contribution is -0.162. The molecule has 4 rings (SSSR count). The van der Waals surface area contributed by atoms with Crippen molar-refractivity contribution in [2.24, 2.45) is 17.6 Å². The van der Waals surface area contributed by atoms with E-state index in [4.69, 9.17) is 5.73 Å². The zero-order valence-electron chi connectivity index (χ0n) is 18.9. The third-order valence-corrected chi connectivity index (χ3v) is 7.36. The molecule has 0 heterocycles. The zero-order chi connectivity index (χ0) is 26.3. The minimum absolute atomic E-state index is 0.185. The van der Waals surface area contributed by atoms with Gasteiger partial charge in [-0.1, -0.05) is 13.0 Å². The van der Waals surface area contributed by atoms with Crippen molar-refractivity contribution in [1.82, 2.24) is 4.90 Å². The number of nitrogens with zero attached hydrogens (tertiary/aromatic N) is 1. The number of aromatic carboxylic acids is 1. The monoisotopic (exact) mass is 488 g/mol. The lowest BCUT2D eigenvalue weighted by Gasteiger charge is -2.53. The van der Waals surface area contributed by atoms with Gasteiger partial charge in [0.05, 0.1) is 23.6 Å². The average molecular weight is 488 g/mol. The summed E-state index contributed by atoms with van der Waals surface area (Å²) < 4.78 is 0. The van der Waals surface area contributed by atoms with Crippen LogP contribution in [0.3, 0.4) is 0 Å². The number of carbonyl (C=O) groups excluding carboxylic acids is 3. The number of hydrogen-bond acceptors (Lipinski definition) is 10. The topological polar surface area (TPSA) is 219 Å². The maximum absolute atomic E-state index is 13.5. The number of ketones is 2. The molecule has 1 amide bonds. The fourth-order valence-electron chi connectivity index (χ4n) is 5.80. The first-order valence-electron chi connectivity index (χ1n) is 10.6. The quantitative estimate of drug-likeness (QED) is 0.265. The maximum Gasteiger partial charge on any atom is 0.339 e. The van der Waals surface area contributed by atoms with E-state index in [1.807, 2.05) is 0 Å². The third kappa shape index (κ3) is 2.90. The Balaban J connectivity index is 2.06. The first-order valence-corrected chi connectivity index (χ1v) is 10.6. The Labute approximate surface area is 198 Å². The second-order valence-corrected chi connectivity index (χ2v) is 9.28. The molecule has 8 N–H and O–H groups in total. The number of aromatic hydroxyl groups is 1. The van der Waals surface area contributed by atoms with Crippen LogP contribution in [-0.2, 0) is 9.59 Å². The van der Waals surface area contributed by atoms with Crippen molar-refractivity contribution in [3.63, 3.8) is 0 Å². The Hall–Kier alpha value is -3.74. The zero-order valence-corrected chi connectivity index (χ0v) is 18.9. The van der Waals surface area contributed by atoms with Crippen molar-refractivity contribution < 1.29 is 49.8 Å². The smallest absolute Gasteiger partial charge is 0.339 e. The van der Waals surface area contributed by atoms with Crippen LogP contribution >= 0.6 is 0 Å². The lowest BCUT2D eigenvalue weighted by Crippen LogP contribution is -2.68. The van der Waals surface area contributed by atoms with Crippen LogP contribution in [0.4, 0.5) is 0 Å². The summed E-state index contributed by atoms with van der Waals surface area (Å²) >= 11 is 0. The van der Waals surface area contributed by atoms with E-state index in [2.05, 4.69) is 0 Å². The van der Waals surface area contributed by atoms with E-state index in [9.17, 15) is 49.8 Å². The highest BCUT2D eigenvalue weighted by Gasteiger charge is 2.67. The minimum atomic E-state index is -3.02. The van der Waals surface area contributed by atoms with Crippen LogP contribution in [0.5, 0.6) is 5.75 Å². The fourth-order valence-corrected chi connectivity index (χ4v) is 5.80. The molecule has 6 atom stereocenters. The molecular formula is C23H24N2O10. The third-order valence-electron chi connectivity index (χ3n) is 7.36. The van der Waals surface area contributed by atoms with E-state index in [1.165, 1.54) is 25.1 Å². The number of benzene rings is 1. The Bertz CT molecular complexity index is 1280. The molecule has 0 saturated carbocycles. The van der Waals surface area contributed by atoms with Gasteiger partial charge < -0.3 is 36.4 Å². The molecule has 12 nitrogen and oxygen atoms in total. The van der Waals surface area contributed by atoms with Gasteiger partial charge in [0.2, 0.25) is 5.78 Å². The van der Waals surface area contributed by atoms with Crippen molar-refractivity contribution in [2.75, 3.05) is 14.1 Å². The Morgan fingerprint density at radius 2 is 1.71 bits per heavy atom. The van der Waals surface area contributed by atoms with Crippen molar-refractivity contribution >= 4 is 23.4 Å². The molecule has 0 saturated heterocycles. The standard InChI is InChI=1S/C23H24N2O10/c1-6-7-4-5-8(22(33)34)15(26)10(7)16(27)11-9(6)17(28)13-14(25(2)3)18(29)12(21(24)32)20(31)23(13,35)19(11)30/h4-6,9,13-14,17,26,28-30,35H,1-3H3,(H2,24,32)(H,33,34)/t6-,9+,13+,14-,17-,23-/m0/s1. The van der Waals surface area contributed by atoms with Gasteiger partial charge in [-0.2, -0.15) is 0 Å². The summed E-state index contributed by atoms with van der Waals surface area (Å²) in [6.07, 6.45) is -1.72. The second-order valence-electron chi connectivity index (χ2n) is 9.28. The summed E-state index contributed by atoms with van der Waals surface area (Å²) in [4.78, 5) is 51.5. The first-order chi connectivity index (χ1) is 16.2. The van der Waals surface area contributed by atoms with Crippen molar-refractivity contribution in [2.45, 2.75) is 30.6 Å². The van der Waals surface area contributed by atoms with Gasteiger partial charge in [-0.25, -0.2) is 4.79 Å². The number of rotatable bonds is 3. The highest BCUT2D eigenvalue weighted by atomic mass is 16.4. The van der Waals surface area contributed by atoms with Crippen LogP contribution < -0.4 is 5.73 Å². The molecule has 0 spiro atoms. The predicted molar refractivity (Wildman–Crippen MR) is 117 cm³/mol. The molecule has 0 aromatic heterocycles. The van der Waals surface area contributed by atoms with E-state index in [0.29, 0.717) is 0 Å². The van der Waals surface area contributed by atoms with E-state index in [0.717, 1.165) is 6.07 Å². The number of amides is 1. The van der Waals surface area contributed by atoms with Crippen LogP contribution in [0.25, 0.3) is 0 Å². The summed E-state index contributed by atoms with van der Waals surface area (Å²) in [5, 5.41) is 64.8. The SMILES string of the molecule is C[C@H]1c2ccc(C(=O)O)c(O)c2C(=O)C2=C(O)[C@]3(O)C(=O)C(C(N)=O)=C(O)[C@@H](N(C)C)[C@@H]3[C@@H](O)[C@@H]21. The van der Waals surface area contributed by atoms with Gasteiger partial charge in [0.25, 0.3) is 5.91 Å². The highest BCUT2D eigenvalue weighted by molar-refractivity contribution is 6.25. The average Bonchev–Trinajstić information content (AvgIpc) is 2.75. The molecule has 3 aliphatic rings. The van der Waals surface area contributed by atoms with Gasteiger partial charge in [-0.15, -0.1) is 0 Å². The summed E-state index contributed by atoms with van der Waals surface area (Å²) in [7, 11) is 2.88. The number of carboxylic acids is 1. The summed E-state index contributed by atoms with van der Waals surface area (Å²) in [5.74, 6) is -12.0. The fraction of sp³-hybridized carbons (Fsp3) is 0.391. The summed E-state index contributed by atoms with van der Waals surface area (Å²) in [6, 6.07) is 1.05. The number of likely N-dealkylation sites (N-methyl/N-ethyl adjacent to an activating group) is 1. The molecule has 0 radical (unpaired) electrons. The molecule has 0 unspecified atom stereocenters. The number of phenols is 1. The second kappa shape index (κ2) is 7.63. The summed E-state index contributed by atoms with van der Waals surface area (Å²) in [5.41, 5.74) is -0.217. The van der Waals surface area contributed by atoms with Crippen LogP contribution in [0.1, 0.15) is 39.1 Å². The van der Waals surface area contributed by atoms with E-state index < -0.39 is 98.5 Å². The number of fused-ring (bicyclic) bond motifs is 3. The Morgan fingerprint density at radius 1 is 1.11 bits per heavy atom. The number of aliphatic hydroxyl groups is 4. The molecule has 3 aliphatic carbocycles. The highest BCUT2D eigenvalue weighted by Crippen LogP contribution is 2.55. The number of Topliss-reactive ketones (excluding diaryl/α,β-unsaturated/α-hetero) is 2. The molecule has 0 bridgehead atoms. The molecule has 186 valence electrons. The van der Waals surface area contributed by atoms with Crippen molar-refractivity contribution in [3.05, 3.63) is 51.5 Å². The van der Waals surface area contributed by atoms with Crippen LogP contribution in [-0.4, -0.2) is 90.8 Å². The number of carboxylic acid groups (broad SMARTS) is 1. The van der Waals surface area contributed by atoms with Crippen molar-refractivity contribution in [3.8, 4) is 5.75 Å². The number of nitrogens with two attached hydrogens (primary N) is 1. The van der Waals surface area contributed by atoms with Crippen LogP contribution in [0, 0.1) is 11.8 Å². The first kappa shape index (κ1) is 24.4. The molecule has 12 heteroatoms. The van der Waals surface area contributed by atoms with E-state index in [1.54, 1.807) is 6.92 Å². The van der Waals surface area contributed by atoms with Gasteiger partial charge in [-0.05, 0) is 31.6 Å². The largest absolute Gasteiger partial charge is 0.510 e. The molecule has 1 aromatic carbocycles. The number of primary amides is 1. The maximum atomic E-state index is 13.5. The molecule has 0 fully saturated rings. The normalized spacial score (nSPS) is 32.3. The van der Waals surface area contributed by atoms with Crippen molar-refractivity contribution in [1.29, 1.82) is 0 Å². The van der Waals surface area contributed by atoms with Gasteiger partial charge in [0.15, 0.2) is 11.4 Å². The van der Waals surface area contributed by atoms with E-state index >= 15 is 0 Å². The predicted octanol–water partition coefficient (Wildman–Crippen LogP) is -0.649. The molecule has 35 heavy (non-hydrogen) atoms. The van der Waals surface area contributed by atoms with Crippen LogP contribution in [0.2, 0.25) is 0 Å². The lowest BCUT2D eigenvalue weighted by atomic mass is 9.55. The van der Waals surface area contributed by atoms with Gasteiger partial charge in [0, 0.05) is 11.5 Å². The molecule has 0 aliphatic heterocycles. The van der Waals surface area contributed by atoms with Crippen LogP contribution in [0.15, 0.2) is 34.8 Å². The number of aliphatic hydroxyl groups excluding tert-OH is 3. The van der Waals surface area contributed by atoms with Gasteiger partial charge >= 0.3 is 5.97 Å². The molecule has 1 aromatic rings. The van der Waals surface area contributed by atoms with Gasteiger partial charge in [-0.3, -0.25) is 19.3 Å². The van der Waals surface area contributed by atoms with Gasteiger partial charge in [0.1, 0.15) is 28.4 Å². The minimum Gasteiger partial charge on any atom is -0.510 e. The number of carbonyl (C=O) groups is 4. The summed E-state index contributed by atoms with van der Waals surface area (Å²) in [6.45, 7) is 1.55. The molecular weight excluding hydrogens is 464 g/mol.